The first kappa shape index (κ1) is 15.0. The van der Waals surface area contributed by atoms with Crippen LogP contribution < -0.4 is 10.5 Å². The predicted octanol–water partition coefficient (Wildman–Crippen LogP) is 3.66. The Kier molecular flexibility index (Phi) is 5.15. The topological polar surface area (TPSA) is 48.1 Å². The second kappa shape index (κ2) is 6.86. The minimum absolute atomic E-state index is 0.0641. The molecule has 0 amide bonds. The van der Waals surface area contributed by atoms with Gasteiger partial charge >= 0.3 is 0 Å². The molecule has 3 nitrogen and oxygen atoms in total. The van der Waals surface area contributed by atoms with Gasteiger partial charge in [0.2, 0.25) is 0 Å². The van der Waals surface area contributed by atoms with Crippen LogP contribution in [0, 0.1) is 6.92 Å². The summed E-state index contributed by atoms with van der Waals surface area (Å²) in [7, 11) is 0. The Bertz CT molecular complexity index is 546. The van der Waals surface area contributed by atoms with E-state index in [1.165, 1.54) is 10.4 Å². The number of hydrogen-bond donors (Lipinski definition) is 1. The standard InChI is InChI=1S/C16H22N2OS/c1-4-14-16(12(3)17)20-15(18-14)9-10-19-13-7-5-11(2)6-8-13/h5-8,12H,4,9-10,17H2,1-3H3. The van der Waals surface area contributed by atoms with Crippen LogP contribution in [0.4, 0.5) is 0 Å². The number of benzene rings is 1. The fraction of sp³-hybridized carbons (Fsp3) is 0.438. The van der Waals surface area contributed by atoms with Crippen molar-refractivity contribution in [2.75, 3.05) is 6.61 Å². The molecule has 4 heteroatoms. The Labute approximate surface area is 124 Å². The summed E-state index contributed by atoms with van der Waals surface area (Å²) in [6.45, 7) is 6.85. The van der Waals surface area contributed by atoms with E-state index in [0.717, 1.165) is 29.3 Å². The molecule has 1 aromatic heterocycles. The zero-order valence-electron chi connectivity index (χ0n) is 12.3. The van der Waals surface area contributed by atoms with E-state index in [-0.39, 0.29) is 6.04 Å². The van der Waals surface area contributed by atoms with Crippen LogP contribution in [0.25, 0.3) is 0 Å². The van der Waals surface area contributed by atoms with Crippen LogP contribution in [-0.2, 0) is 12.8 Å². The molecule has 0 aliphatic heterocycles. The van der Waals surface area contributed by atoms with Gasteiger partial charge in [0.1, 0.15) is 5.75 Å². The first-order valence-electron chi connectivity index (χ1n) is 7.03. The summed E-state index contributed by atoms with van der Waals surface area (Å²) in [5.41, 5.74) is 8.35. The third kappa shape index (κ3) is 3.81. The minimum Gasteiger partial charge on any atom is -0.493 e. The Balaban J connectivity index is 1.92. The molecule has 0 fully saturated rings. The van der Waals surface area contributed by atoms with Crippen LogP contribution in [0.2, 0.25) is 0 Å². The van der Waals surface area contributed by atoms with Crippen molar-refractivity contribution in [3.8, 4) is 5.75 Å². The van der Waals surface area contributed by atoms with E-state index in [4.69, 9.17) is 10.5 Å². The molecule has 2 aromatic rings. The average Bonchev–Trinajstić information content (AvgIpc) is 2.84. The van der Waals surface area contributed by atoms with Crippen LogP contribution in [0.5, 0.6) is 5.75 Å². The molecule has 20 heavy (non-hydrogen) atoms. The summed E-state index contributed by atoms with van der Waals surface area (Å²) in [4.78, 5) is 5.86. The minimum atomic E-state index is 0.0641. The smallest absolute Gasteiger partial charge is 0.119 e. The Morgan fingerprint density at radius 2 is 2.00 bits per heavy atom. The summed E-state index contributed by atoms with van der Waals surface area (Å²) in [5, 5.41) is 1.11. The van der Waals surface area contributed by atoms with E-state index in [2.05, 4.69) is 31.0 Å². The maximum atomic E-state index is 5.98. The van der Waals surface area contributed by atoms with E-state index in [0.29, 0.717) is 6.61 Å². The fourth-order valence-electron chi connectivity index (χ4n) is 2.02. The molecule has 0 radical (unpaired) electrons. The summed E-state index contributed by atoms with van der Waals surface area (Å²) in [5.74, 6) is 0.912. The normalized spacial score (nSPS) is 12.4. The number of nitrogens with zero attached hydrogens (tertiary/aromatic N) is 1. The number of aryl methyl sites for hydroxylation is 2. The fourth-order valence-corrected chi connectivity index (χ4v) is 3.11. The molecule has 0 saturated heterocycles. The zero-order chi connectivity index (χ0) is 14.5. The van der Waals surface area contributed by atoms with Gasteiger partial charge in [0.25, 0.3) is 0 Å². The molecule has 1 aromatic carbocycles. The maximum absolute atomic E-state index is 5.98. The van der Waals surface area contributed by atoms with Gasteiger partial charge in [0.15, 0.2) is 0 Å². The first-order valence-corrected chi connectivity index (χ1v) is 7.85. The molecular formula is C16H22N2OS. The lowest BCUT2D eigenvalue weighted by Gasteiger charge is -2.04. The summed E-state index contributed by atoms with van der Waals surface area (Å²) < 4.78 is 5.74. The number of hydrogen-bond acceptors (Lipinski definition) is 4. The van der Waals surface area contributed by atoms with Gasteiger partial charge in [-0.2, -0.15) is 0 Å². The van der Waals surface area contributed by atoms with Crippen molar-refractivity contribution >= 4 is 11.3 Å². The van der Waals surface area contributed by atoms with Crippen molar-refractivity contribution in [2.24, 2.45) is 5.73 Å². The van der Waals surface area contributed by atoms with Crippen LogP contribution in [-0.4, -0.2) is 11.6 Å². The Hall–Kier alpha value is -1.39. The molecule has 1 heterocycles. The monoisotopic (exact) mass is 290 g/mol. The maximum Gasteiger partial charge on any atom is 0.119 e. The van der Waals surface area contributed by atoms with Crippen LogP contribution >= 0.6 is 11.3 Å². The molecule has 108 valence electrons. The molecule has 0 bridgehead atoms. The lowest BCUT2D eigenvalue weighted by Crippen LogP contribution is -2.05. The quantitative estimate of drug-likeness (QED) is 0.883. The second-order valence-corrected chi connectivity index (χ2v) is 6.09. The highest BCUT2D eigenvalue weighted by molar-refractivity contribution is 7.11. The molecule has 0 saturated carbocycles. The van der Waals surface area contributed by atoms with Gasteiger partial charge in [0.05, 0.1) is 17.3 Å². The molecule has 0 spiro atoms. The third-order valence-electron chi connectivity index (χ3n) is 3.13. The van der Waals surface area contributed by atoms with Gasteiger partial charge in [-0.05, 0) is 32.4 Å². The van der Waals surface area contributed by atoms with E-state index in [9.17, 15) is 0 Å². The highest BCUT2D eigenvalue weighted by Crippen LogP contribution is 2.25. The molecular weight excluding hydrogens is 268 g/mol. The third-order valence-corrected chi connectivity index (χ3v) is 4.48. The number of nitrogens with two attached hydrogens (primary N) is 1. The average molecular weight is 290 g/mol. The molecule has 0 aliphatic carbocycles. The van der Waals surface area contributed by atoms with Gasteiger partial charge in [0, 0.05) is 17.3 Å². The molecule has 1 atom stereocenters. The molecule has 0 aliphatic rings. The lowest BCUT2D eigenvalue weighted by atomic mass is 10.2. The number of aromatic nitrogens is 1. The van der Waals surface area contributed by atoms with E-state index < -0.39 is 0 Å². The van der Waals surface area contributed by atoms with Crippen molar-refractivity contribution < 1.29 is 4.74 Å². The van der Waals surface area contributed by atoms with Gasteiger partial charge in [-0.15, -0.1) is 11.3 Å². The van der Waals surface area contributed by atoms with Gasteiger partial charge in [-0.25, -0.2) is 4.98 Å². The van der Waals surface area contributed by atoms with E-state index in [1.807, 2.05) is 19.1 Å². The lowest BCUT2D eigenvalue weighted by molar-refractivity contribution is 0.321. The Morgan fingerprint density at radius 3 is 2.55 bits per heavy atom. The van der Waals surface area contributed by atoms with Crippen molar-refractivity contribution in [1.82, 2.24) is 4.98 Å². The Morgan fingerprint density at radius 1 is 1.30 bits per heavy atom. The van der Waals surface area contributed by atoms with E-state index in [1.54, 1.807) is 11.3 Å². The molecule has 2 rings (SSSR count). The van der Waals surface area contributed by atoms with Gasteiger partial charge in [-0.3, -0.25) is 0 Å². The largest absolute Gasteiger partial charge is 0.493 e. The summed E-state index contributed by atoms with van der Waals surface area (Å²) in [6.07, 6.45) is 1.77. The van der Waals surface area contributed by atoms with Crippen molar-refractivity contribution in [3.05, 3.63) is 45.4 Å². The van der Waals surface area contributed by atoms with Crippen molar-refractivity contribution in [1.29, 1.82) is 0 Å². The number of thiazole rings is 1. The van der Waals surface area contributed by atoms with Crippen LogP contribution in [0.15, 0.2) is 24.3 Å². The highest BCUT2D eigenvalue weighted by atomic mass is 32.1. The van der Waals surface area contributed by atoms with Crippen molar-refractivity contribution in [2.45, 2.75) is 39.7 Å². The van der Waals surface area contributed by atoms with Crippen LogP contribution in [0.3, 0.4) is 0 Å². The summed E-state index contributed by atoms with van der Waals surface area (Å²) >= 11 is 1.71. The highest BCUT2D eigenvalue weighted by Gasteiger charge is 2.12. The van der Waals surface area contributed by atoms with Crippen molar-refractivity contribution in [3.63, 3.8) is 0 Å². The number of rotatable bonds is 6. The van der Waals surface area contributed by atoms with Gasteiger partial charge < -0.3 is 10.5 Å². The summed E-state index contributed by atoms with van der Waals surface area (Å²) in [6, 6.07) is 8.18. The van der Waals surface area contributed by atoms with Crippen LogP contribution in [0.1, 0.15) is 41.0 Å². The predicted molar refractivity (Wildman–Crippen MR) is 84.5 cm³/mol. The van der Waals surface area contributed by atoms with Gasteiger partial charge in [-0.1, -0.05) is 24.6 Å². The number of ether oxygens (including phenoxy) is 1. The molecule has 1 unspecified atom stereocenters. The second-order valence-electron chi connectivity index (χ2n) is 4.97. The van der Waals surface area contributed by atoms with E-state index >= 15 is 0 Å². The first-order chi connectivity index (χ1) is 9.60. The molecule has 2 N–H and O–H groups in total. The zero-order valence-corrected chi connectivity index (χ0v) is 13.2. The SMILES string of the molecule is CCc1nc(CCOc2ccc(C)cc2)sc1C(C)N.